The quantitative estimate of drug-likeness (QED) is 0.910. The number of aliphatic hydroxyl groups is 1. The van der Waals surface area contributed by atoms with E-state index in [9.17, 15) is 5.11 Å². The van der Waals surface area contributed by atoms with Gasteiger partial charge in [0.05, 0.1) is 17.6 Å². The number of aliphatic hydroxyl groups excluding tert-OH is 1. The van der Waals surface area contributed by atoms with Gasteiger partial charge in [0.25, 0.3) is 0 Å². The lowest BCUT2D eigenvalue weighted by Crippen LogP contribution is -2.04. The van der Waals surface area contributed by atoms with Crippen molar-refractivity contribution < 1.29 is 5.11 Å². The maximum Gasteiger partial charge on any atom is 0.124 e. The van der Waals surface area contributed by atoms with Crippen molar-refractivity contribution in [1.29, 1.82) is 0 Å². The SMILES string of the molecule is Cc1cnc(C(O)c2cc(Cl)ccc2Cl)cn1. The lowest BCUT2D eigenvalue weighted by Gasteiger charge is -2.12. The van der Waals surface area contributed by atoms with Gasteiger partial charge in [-0.2, -0.15) is 0 Å². The van der Waals surface area contributed by atoms with E-state index in [4.69, 9.17) is 23.2 Å². The Kier molecular flexibility index (Phi) is 3.62. The normalized spacial score (nSPS) is 12.5. The fourth-order valence-electron chi connectivity index (χ4n) is 1.43. The van der Waals surface area contributed by atoms with Gasteiger partial charge in [-0.15, -0.1) is 0 Å². The second kappa shape index (κ2) is 5.00. The molecule has 17 heavy (non-hydrogen) atoms. The molecule has 0 amide bonds. The summed E-state index contributed by atoms with van der Waals surface area (Å²) in [4.78, 5) is 8.19. The van der Waals surface area contributed by atoms with Crippen LogP contribution in [0.1, 0.15) is 23.1 Å². The van der Waals surface area contributed by atoms with Gasteiger partial charge in [-0.3, -0.25) is 9.97 Å². The summed E-state index contributed by atoms with van der Waals surface area (Å²) in [5.41, 5.74) is 1.76. The molecule has 1 heterocycles. The smallest absolute Gasteiger partial charge is 0.124 e. The summed E-state index contributed by atoms with van der Waals surface area (Å²) in [6.45, 7) is 1.83. The van der Waals surface area contributed by atoms with Gasteiger partial charge in [-0.05, 0) is 25.1 Å². The van der Waals surface area contributed by atoms with Crippen molar-refractivity contribution >= 4 is 23.2 Å². The Bertz CT molecular complexity index is 529. The summed E-state index contributed by atoms with van der Waals surface area (Å²) in [6, 6.07) is 4.93. The van der Waals surface area contributed by atoms with Crippen molar-refractivity contribution in [3.05, 3.63) is 57.6 Å². The predicted octanol–water partition coefficient (Wildman–Crippen LogP) is 3.17. The third-order valence-corrected chi connectivity index (χ3v) is 2.91. The van der Waals surface area contributed by atoms with E-state index in [0.717, 1.165) is 5.69 Å². The predicted molar refractivity (Wildman–Crippen MR) is 67.3 cm³/mol. The molecule has 0 bridgehead atoms. The highest BCUT2D eigenvalue weighted by molar-refractivity contribution is 6.33. The van der Waals surface area contributed by atoms with E-state index < -0.39 is 6.10 Å². The minimum Gasteiger partial charge on any atom is -0.382 e. The van der Waals surface area contributed by atoms with Crippen molar-refractivity contribution in [1.82, 2.24) is 9.97 Å². The van der Waals surface area contributed by atoms with Gasteiger partial charge in [0.2, 0.25) is 0 Å². The molecule has 0 saturated carbocycles. The third-order valence-electron chi connectivity index (χ3n) is 2.33. The number of halogens is 2. The fraction of sp³-hybridized carbons (Fsp3) is 0.167. The van der Waals surface area contributed by atoms with Crippen LogP contribution >= 0.6 is 23.2 Å². The summed E-state index contributed by atoms with van der Waals surface area (Å²) in [7, 11) is 0. The minimum absolute atomic E-state index is 0.444. The summed E-state index contributed by atoms with van der Waals surface area (Å²) in [6.07, 6.45) is 2.20. The molecule has 1 atom stereocenters. The van der Waals surface area contributed by atoms with Crippen molar-refractivity contribution in [3.63, 3.8) is 0 Å². The lowest BCUT2D eigenvalue weighted by atomic mass is 10.1. The number of hydrogen-bond acceptors (Lipinski definition) is 3. The zero-order chi connectivity index (χ0) is 12.4. The maximum absolute atomic E-state index is 10.1. The molecular formula is C12H10Cl2N2O. The molecule has 1 unspecified atom stereocenters. The molecule has 0 aliphatic carbocycles. The minimum atomic E-state index is -0.922. The van der Waals surface area contributed by atoms with E-state index in [1.165, 1.54) is 6.20 Å². The van der Waals surface area contributed by atoms with E-state index in [0.29, 0.717) is 21.3 Å². The Hall–Kier alpha value is -1.16. The summed E-state index contributed by atoms with van der Waals surface area (Å²) < 4.78 is 0. The first-order chi connectivity index (χ1) is 8.08. The molecule has 0 fully saturated rings. The van der Waals surface area contributed by atoms with E-state index in [-0.39, 0.29) is 0 Å². The first kappa shape index (κ1) is 12.3. The monoisotopic (exact) mass is 268 g/mol. The number of benzene rings is 1. The van der Waals surface area contributed by atoms with Crippen molar-refractivity contribution in [2.24, 2.45) is 0 Å². The Morgan fingerprint density at radius 1 is 1.18 bits per heavy atom. The molecule has 5 heteroatoms. The first-order valence-corrected chi connectivity index (χ1v) is 5.75. The molecule has 0 aliphatic rings. The van der Waals surface area contributed by atoms with Gasteiger partial charge in [0.1, 0.15) is 6.10 Å². The Morgan fingerprint density at radius 2 is 1.94 bits per heavy atom. The molecule has 0 spiro atoms. The van der Waals surface area contributed by atoms with Gasteiger partial charge >= 0.3 is 0 Å². The number of nitrogens with zero attached hydrogens (tertiary/aromatic N) is 2. The zero-order valence-electron chi connectivity index (χ0n) is 9.06. The molecule has 2 rings (SSSR count). The first-order valence-electron chi connectivity index (χ1n) is 4.99. The maximum atomic E-state index is 10.1. The standard InChI is InChI=1S/C12H10Cl2N2O/c1-7-5-16-11(6-15-7)12(17)9-4-8(13)2-3-10(9)14/h2-6,12,17H,1H3. The second-order valence-electron chi connectivity index (χ2n) is 3.65. The molecule has 0 radical (unpaired) electrons. The van der Waals surface area contributed by atoms with Crippen LogP contribution in [0.25, 0.3) is 0 Å². The number of hydrogen-bond donors (Lipinski definition) is 1. The lowest BCUT2D eigenvalue weighted by molar-refractivity contribution is 0.215. The van der Waals surface area contributed by atoms with E-state index in [1.807, 2.05) is 6.92 Å². The van der Waals surface area contributed by atoms with Crippen LogP contribution < -0.4 is 0 Å². The highest BCUT2D eigenvalue weighted by Crippen LogP contribution is 2.29. The summed E-state index contributed by atoms with van der Waals surface area (Å²) in [5, 5.41) is 11.1. The Labute approximate surface area is 109 Å². The van der Waals surface area contributed by atoms with Crippen molar-refractivity contribution in [2.45, 2.75) is 13.0 Å². The van der Waals surface area contributed by atoms with Crippen LogP contribution in [0.2, 0.25) is 10.0 Å². The molecule has 1 aromatic heterocycles. The molecule has 1 N–H and O–H groups in total. The summed E-state index contributed by atoms with van der Waals surface area (Å²) in [5.74, 6) is 0. The van der Waals surface area contributed by atoms with Crippen LogP contribution in [0.3, 0.4) is 0 Å². The molecule has 0 saturated heterocycles. The van der Waals surface area contributed by atoms with Crippen LogP contribution in [0.5, 0.6) is 0 Å². The van der Waals surface area contributed by atoms with Gasteiger partial charge in [0.15, 0.2) is 0 Å². The topological polar surface area (TPSA) is 46.0 Å². The van der Waals surface area contributed by atoms with Crippen LogP contribution in [0, 0.1) is 6.92 Å². The summed E-state index contributed by atoms with van der Waals surface area (Å²) >= 11 is 11.9. The third kappa shape index (κ3) is 2.75. The van der Waals surface area contributed by atoms with Crippen LogP contribution in [-0.2, 0) is 0 Å². The molecule has 88 valence electrons. The van der Waals surface area contributed by atoms with Crippen LogP contribution in [0.4, 0.5) is 0 Å². The molecule has 1 aromatic carbocycles. The number of rotatable bonds is 2. The van der Waals surface area contributed by atoms with Gasteiger partial charge in [0, 0.05) is 21.8 Å². The van der Waals surface area contributed by atoms with Crippen molar-refractivity contribution in [3.8, 4) is 0 Å². The Morgan fingerprint density at radius 3 is 2.59 bits per heavy atom. The van der Waals surface area contributed by atoms with Gasteiger partial charge in [-0.1, -0.05) is 23.2 Å². The average molecular weight is 269 g/mol. The van der Waals surface area contributed by atoms with Crippen molar-refractivity contribution in [2.75, 3.05) is 0 Å². The number of aromatic nitrogens is 2. The Balaban J connectivity index is 2.39. The van der Waals surface area contributed by atoms with Crippen LogP contribution in [-0.4, -0.2) is 15.1 Å². The highest BCUT2D eigenvalue weighted by Gasteiger charge is 2.15. The van der Waals surface area contributed by atoms with Gasteiger partial charge in [-0.25, -0.2) is 0 Å². The van der Waals surface area contributed by atoms with E-state index >= 15 is 0 Å². The average Bonchev–Trinajstić information content (AvgIpc) is 2.32. The van der Waals surface area contributed by atoms with Crippen LogP contribution in [0.15, 0.2) is 30.6 Å². The second-order valence-corrected chi connectivity index (χ2v) is 4.49. The highest BCUT2D eigenvalue weighted by atomic mass is 35.5. The molecule has 3 nitrogen and oxygen atoms in total. The zero-order valence-corrected chi connectivity index (χ0v) is 10.6. The molecule has 0 aliphatic heterocycles. The van der Waals surface area contributed by atoms with Gasteiger partial charge < -0.3 is 5.11 Å². The largest absolute Gasteiger partial charge is 0.382 e. The molecule has 2 aromatic rings. The number of aryl methyl sites for hydroxylation is 1. The molecular weight excluding hydrogens is 259 g/mol. The van der Waals surface area contributed by atoms with E-state index in [2.05, 4.69) is 9.97 Å². The fourth-order valence-corrected chi connectivity index (χ4v) is 1.83. The van der Waals surface area contributed by atoms with E-state index in [1.54, 1.807) is 24.4 Å².